The van der Waals surface area contributed by atoms with E-state index < -0.39 is 0 Å². The third-order valence-corrected chi connectivity index (χ3v) is 5.41. The number of carbonyl (C=O) groups is 2. The summed E-state index contributed by atoms with van der Waals surface area (Å²) in [5, 5.41) is 8.93. The molecule has 0 atom stereocenters. The largest absolute Gasteiger partial charge is 0.355 e. The van der Waals surface area contributed by atoms with Gasteiger partial charge in [0.15, 0.2) is 5.96 Å². The van der Waals surface area contributed by atoms with Crippen LogP contribution in [0.3, 0.4) is 0 Å². The predicted octanol–water partition coefficient (Wildman–Crippen LogP) is 2.65. The van der Waals surface area contributed by atoms with Gasteiger partial charge in [-0.2, -0.15) is 0 Å². The fraction of sp³-hybridized carbons (Fsp3) is 0.471. The Hall–Kier alpha value is -1.01. The molecule has 0 spiro atoms. The molecule has 3 amide bonds. The lowest BCUT2D eigenvalue weighted by Crippen LogP contribution is -2.46. The molecule has 0 bridgehead atoms. The van der Waals surface area contributed by atoms with Crippen LogP contribution in [-0.4, -0.2) is 60.8 Å². The molecule has 1 heterocycles. The van der Waals surface area contributed by atoms with Gasteiger partial charge in [-0.05, 0) is 38.1 Å². The molecule has 1 aromatic carbocycles. The van der Waals surface area contributed by atoms with E-state index in [1.54, 1.807) is 18.8 Å². The van der Waals surface area contributed by atoms with Crippen molar-refractivity contribution >= 4 is 69.6 Å². The fourth-order valence-corrected chi connectivity index (χ4v) is 3.66. The van der Waals surface area contributed by atoms with Crippen molar-refractivity contribution in [3.63, 3.8) is 0 Å². The predicted molar refractivity (Wildman–Crippen MR) is 124 cm³/mol. The Morgan fingerprint density at radius 2 is 1.96 bits per heavy atom. The zero-order valence-electron chi connectivity index (χ0n) is 15.5. The van der Waals surface area contributed by atoms with E-state index in [-0.39, 0.29) is 47.2 Å². The summed E-state index contributed by atoms with van der Waals surface area (Å²) in [7, 11) is 1.69. The number of hydrogen-bond acceptors (Lipinski definition) is 4. The van der Waals surface area contributed by atoms with Gasteiger partial charge >= 0.3 is 6.03 Å². The maximum Gasteiger partial charge on any atom is 0.324 e. The first kappa shape index (κ1) is 24.0. The second-order valence-electron chi connectivity index (χ2n) is 6.37. The molecule has 1 saturated heterocycles. The Balaban J connectivity index is 0.00000364. The molecule has 0 aromatic heterocycles. The molecule has 0 unspecified atom stereocenters. The van der Waals surface area contributed by atoms with Crippen LogP contribution in [0, 0.1) is 0 Å². The second kappa shape index (κ2) is 11.1. The molecule has 3 N–H and O–H groups in total. The summed E-state index contributed by atoms with van der Waals surface area (Å²) in [6.07, 6.45) is 0. The maximum absolute atomic E-state index is 11.5. The highest BCUT2D eigenvalue weighted by Gasteiger charge is 2.27. The summed E-state index contributed by atoms with van der Waals surface area (Å²) in [6, 6.07) is 7.89. The van der Waals surface area contributed by atoms with Crippen molar-refractivity contribution in [1.82, 2.24) is 20.9 Å². The van der Waals surface area contributed by atoms with E-state index in [4.69, 9.17) is 0 Å². The molecular weight excluding hydrogens is 545 g/mol. The topological polar surface area (TPSA) is 85.8 Å². The summed E-state index contributed by atoms with van der Waals surface area (Å²) in [6.45, 7) is 5.85. The summed E-state index contributed by atoms with van der Waals surface area (Å²) >= 11 is 5.22. The molecule has 27 heavy (non-hydrogen) atoms. The molecule has 10 heteroatoms. The van der Waals surface area contributed by atoms with Gasteiger partial charge in [0.2, 0.25) is 5.91 Å². The monoisotopic (exact) mass is 569 g/mol. The number of carbonyl (C=O) groups excluding carboxylic acids is 2. The molecule has 1 aliphatic rings. The molecule has 1 fully saturated rings. The van der Waals surface area contributed by atoms with Gasteiger partial charge in [0.25, 0.3) is 0 Å². The van der Waals surface area contributed by atoms with Gasteiger partial charge in [0.05, 0.1) is 6.54 Å². The summed E-state index contributed by atoms with van der Waals surface area (Å²) in [5.74, 6) is 0.438. The number of amides is 3. The number of urea groups is 1. The van der Waals surface area contributed by atoms with Gasteiger partial charge in [-0.15, -0.1) is 35.7 Å². The smallest absolute Gasteiger partial charge is 0.324 e. The van der Waals surface area contributed by atoms with E-state index in [1.165, 1.54) is 9.80 Å². The number of nitrogens with zero attached hydrogens (tertiary/aromatic N) is 2. The number of guanidine groups is 1. The molecule has 7 nitrogen and oxygen atoms in total. The Morgan fingerprint density at radius 3 is 2.52 bits per heavy atom. The SMILES string of the molecule is CN=C(NCCN1C(=O)CNC1=O)NCC(C)(C)Sc1ccc(Br)cc1.I. The van der Waals surface area contributed by atoms with Crippen LogP contribution < -0.4 is 16.0 Å². The quantitative estimate of drug-likeness (QED) is 0.155. The number of halogens is 2. The lowest BCUT2D eigenvalue weighted by molar-refractivity contribution is -0.124. The van der Waals surface area contributed by atoms with Gasteiger partial charge in [-0.1, -0.05) is 15.9 Å². The Labute approximate surface area is 189 Å². The third kappa shape index (κ3) is 7.86. The van der Waals surface area contributed by atoms with Crippen molar-refractivity contribution in [2.24, 2.45) is 4.99 Å². The first-order chi connectivity index (χ1) is 12.3. The lowest BCUT2D eigenvalue weighted by Gasteiger charge is -2.26. The van der Waals surface area contributed by atoms with Crippen LogP contribution in [0.1, 0.15) is 13.8 Å². The normalized spacial score (nSPS) is 14.7. The molecule has 1 aliphatic heterocycles. The van der Waals surface area contributed by atoms with Gasteiger partial charge in [-0.25, -0.2) is 4.79 Å². The van der Waals surface area contributed by atoms with Gasteiger partial charge < -0.3 is 16.0 Å². The maximum atomic E-state index is 11.5. The molecular formula is C17H25BrIN5O2S. The highest BCUT2D eigenvalue weighted by atomic mass is 127. The number of thioether (sulfide) groups is 1. The van der Waals surface area contributed by atoms with Crippen LogP contribution in [0.2, 0.25) is 0 Å². The zero-order valence-corrected chi connectivity index (χ0v) is 20.3. The molecule has 150 valence electrons. The zero-order chi connectivity index (χ0) is 19.2. The number of hydrogen-bond donors (Lipinski definition) is 3. The number of rotatable bonds is 7. The van der Waals surface area contributed by atoms with E-state index in [2.05, 4.69) is 62.9 Å². The van der Waals surface area contributed by atoms with Crippen LogP contribution in [0.15, 0.2) is 38.6 Å². The molecule has 1 aromatic rings. The third-order valence-electron chi connectivity index (χ3n) is 3.68. The van der Waals surface area contributed by atoms with E-state index >= 15 is 0 Å². The van der Waals surface area contributed by atoms with Crippen LogP contribution in [-0.2, 0) is 4.79 Å². The van der Waals surface area contributed by atoms with Crippen molar-refractivity contribution in [2.45, 2.75) is 23.5 Å². The number of benzene rings is 1. The molecule has 0 radical (unpaired) electrons. The molecule has 0 saturated carbocycles. The van der Waals surface area contributed by atoms with E-state index in [0.29, 0.717) is 25.6 Å². The minimum absolute atomic E-state index is 0. The first-order valence-corrected chi connectivity index (χ1v) is 9.89. The minimum Gasteiger partial charge on any atom is -0.355 e. The summed E-state index contributed by atoms with van der Waals surface area (Å²) in [5.41, 5.74) is 0. The highest BCUT2D eigenvalue weighted by Crippen LogP contribution is 2.32. The van der Waals surface area contributed by atoms with Crippen LogP contribution in [0.25, 0.3) is 0 Å². The highest BCUT2D eigenvalue weighted by molar-refractivity contribution is 14.0. The first-order valence-electron chi connectivity index (χ1n) is 8.28. The molecule has 2 rings (SSSR count). The number of aliphatic imine (C=N–C) groups is 1. The fourth-order valence-electron chi connectivity index (χ4n) is 2.34. The van der Waals surface area contributed by atoms with E-state index in [9.17, 15) is 9.59 Å². The van der Waals surface area contributed by atoms with Crippen LogP contribution >= 0.6 is 51.7 Å². The van der Waals surface area contributed by atoms with Crippen molar-refractivity contribution < 1.29 is 9.59 Å². The standard InChI is InChI=1S/C17H24BrN5O2S.HI/c1-17(2,26-13-6-4-12(18)5-7-13)11-22-15(19-3)20-8-9-23-14(24)10-21-16(23)25;/h4-7H,8-11H2,1-3H3,(H,21,25)(H2,19,20,22);1H. The summed E-state index contributed by atoms with van der Waals surface area (Å²) < 4.78 is 1.02. The Kier molecular flexibility index (Phi) is 9.88. The Bertz CT molecular complexity index is 668. The van der Waals surface area contributed by atoms with Crippen molar-refractivity contribution in [3.05, 3.63) is 28.7 Å². The van der Waals surface area contributed by atoms with Crippen molar-refractivity contribution in [2.75, 3.05) is 33.2 Å². The summed E-state index contributed by atoms with van der Waals surface area (Å²) in [4.78, 5) is 29.6. The lowest BCUT2D eigenvalue weighted by atomic mass is 10.2. The van der Waals surface area contributed by atoms with E-state index in [0.717, 1.165) is 4.47 Å². The average molecular weight is 570 g/mol. The van der Waals surface area contributed by atoms with Crippen LogP contribution in [0.5, 0.6) is 0 Å². The Morgan fingerprint density at radius 1 is 1.30 bits per heavy atom. The second-order valence-corrected chi connectivity index (χ2v) is 9.07. The number of nitrogens with one attached hydrogen (secondary N) is 3. The minimum atomic E-state index is -0.341. The van der Waals surface area contributed by atoms with Gasteiger partial charge in [0, 0.05) is 40.8 Å². The van der Waals surface area contributed by atoms with Gasteiger partial charge in [-0.3, -0.25) is 14.7 Å². The van der Waals surface area contributed by atoms with Crippen LogP contribution in [0.4, 0.5) is 4.79 Å². The van der Waals surface area contributed by atoms with E-state index in [1.807, 2.05) is 12.1 Å². The molecule has 0 aliphatic carbocycles. The van der Waals surface area contributed by atoms with Crippen molar-refractivity contribution in [1.29, 1.82) is 0 Å². The number of imide groups is 1. The van der Waals surface area contributed by atoms with Crippen molar-refractivity contribution in [3.8, 4) is 0 Å². The average Bonchev–Trinajstić information content (AvgIpc) is 2.91. The van der Waals surface area contributed by atoms with Gasteiger partial charge in [0.1, 0.15) is 0 Å².